The number of sulfone groups is 1. The number of ether oxygens (including phenoxy) is 2. The maximum Gasteiger partial charge on any atom is 0.234 e. The number of fused-ring (bicyclic) bond motifs is 1. The summed E-state index contributed by atoms with van der Waals surface area (Å²) in [5.41, 5.74) is 0.597. The predicted octanol–water partition coefficient (Wildman–Crippen LogP) is 2.81. The highest BCUT2D eigenvalue weighted by molar-refractivity contribution is 7.99. The van der Waals surface area contributed by atoms with Crippen molar-refractivity contribution in [2.45, 2.75) is 14.9 Å². The molecule has 2 heterocycles. The summed E-state index contributed by atoms with van der Waals surface area (Å²) in [6.45, 7) is 0.969. The van der Waals surface area contributed by atoms with Crippen molar-refractivity contribution < 1.29 is 22.7 Å². The smallest absolute Gasteiger partial charge is 0.234 e. The summed E-state index contributed by atoms with van der Waals surface area (Å²) in [6, 6.07) is 16.1. The maximum atomic E-state index is 12.5. The van der Waals surface area contributed by atoms with Gasteiger partial charge >= 0.3 is 0 Å². The van der Waals surface area contributed by atoms with Crippen molar-refractivity contribution in [3.63, 3.8) is 0 Å². The molecule has 30 heavy (non-hydrogen) atoms. The number of benzene rings is 2. The Bertz CT molecular complexity index is 1150. The van der Waals surface area contributed by atoms with Gasteiger partial charge in [0.15, 0.2) is 16.5 Å². The number of nitrogens with one attached hydrogen (secondary N) is 1. The van der Waals surface area contributed by atoms with Crippen molar-refractivity contribution in [2.75, 3.05) is 24.3 Å². The van der Waals surface area contributed by atoms with Crippen LogP contribution in [0.2, 0.25) is 0 Å². The third-order valence-corrected chi connectivity index (χ3v) is 6.70. The van der Waals surface area contributed by atoms with Crippen LogP contribution in [0.5, 0.6) is 11.5 Å². The molecular weight excluding hydrogens is 426 g/mol. The zero-order chi connectivity index (χ0) is 21.0. The van der Waals surface area contributed by atoms with Gasteiger partial charge in [-0.2, -0.15) is 0 Å². The van der Waals surface area contributed by atoms with Crippen LogP contribution in [-0.4, -0.2) is 43.5 Å². The molecule has 0 spiro atoms. The fourth-order valence-corrected chi connectivity index (χ4v) is 4.47. The number of rotatable bonds is 6. The number of amides is 1. The van der Waals surface area contributed by atoms with Gasteiger partial charge in [-0.15, -0.1) is 10.2 Å². The second-order valence-corrected chi connectivity index (χ2v) is 9.11. The summed E-state index contributed by atoms with van der Waals surface area (Å²) in [5.74, 6) is 1.09. The highest BCUT2D eigenvalue weighted by atomic mass is 32.2. The minimum Gasteiger partial charge on any atom is -0.486 e. The first-order valence-corrected chi connectivity index (χ1v) is 11.5. The number of anilines is 1. The summed E-state index contributed by atoms with van der Waals surface area (Å²) in [6.07, 6.45) is 0. The topological polar surface area (TPSA) is 107 Å². The molecule has 154 valence electrons. The summed E-state index contributed by atoms with van der Waals surface area (Å²) in [4.78, 5) is 12.4. The number of nitrogens with zero attached hydrogens (tertiary/aromatic N) is 2. The fraction of sp³-hybridized carbons (Fsp3) is 0.150. The van der Waals surface area contributed by atoms with Crippen LogP contribution in [0.4, 0.5) is 5.69 Å². The Labute approximate surface area is 177 Å². The Morgan fingerprint density at radius 3 is 2.47 bits per heavy atom. The van der Waals surface area contributed by atoms with Gasteiger partial charge in [0.2, 0.25) is 15.7 Å². The zero-order valence-electron chi connectivity index (χ0n) is 15.6. The van der Waals surface area contributed by atoms with Crippen molar-refractivity contribution in [1.82, 2.24) is 10.2 Å². The lowest BCUT2D eigenvalue weighted by atomic mass is 10.2. The first-order chi connectivity index (χ1) is 14.5. The molecule has 1 amide bonds. The van der Waals surface area contributed by atoms with E-state index in [1.807, 2.05) is 0 Å². The Balaban J connectivity index is 1.35. The first-order valence-electron chi connectivity index (χ1n) is 8.98. The monoisotopic (exact) mass is 443 g/mol. The third-order valence-electron chi connectivity index (χ3n) is 4.12. The van der Waals surface area contributed by atoms with Gasteiger partial charge in [0.25, 0.3) is 0 Å². The molecule has 1 N–H and O–H groups in total. The van der Waals surface area contributed by atoms with Crippen molar-refractivity contribution in [2.24, 2.45) is 0 Å². The van der Waals surface area contributed by atoms with E-state index in [4.69, 9.17) is 9.47 Å². The average Bonchev–Trinajstić information content (AvgIpc) is 2.78. The summed E-state index contributed by atoms with van der Waals surface area (Å²) >= 11 is 1.16. The number of carbonyl (C=O) groups is 1. The SMILES string of the molecule is O=C(CSc1ccc(S(=O)(=O)c2ccccc2)nn1)Nc1ccc2c(c1)OCCO2. The van der Waals surface area contributed by atoms with Crippen molar-refractivity contribution in [1.29, 1.82) is 0 Å². The number of carbonyl (C=O) groups excluding carboxylic acids is 1. The lowest BCUT2D eigenvalue weighted by molar-refractivity contribution is -0.113. The van der Waals surface area contributed by atoms with Crippen LogP contribution >= 0.6 is 11.8 Å². The van der Waals surface area contributed by atoms with Gasteiger partial charge in [-0.05, 0) is 36.4 Å². The van der Waals surface area contributed by atoms with Crippen molar-refractivity contribution in [3.05, 3.63) is 60.7 Å². The molecule has 3 aromatic rings. The van der Waals surface area contributed by atoms with Gasteiger partial charge < -0.3 is 14.8 Å². The van der Waals surface area contributed by atoms with E-state index in [-0.39, 0.29) is 21.6 Å². The van der Waals surface area contributed by atoms with E-state index in [0.29, 0.717) is 35.4 Å². The third kappa shape index (κ3) is 4.55. The second kappa shape index (κ2) is 8.72. The van der Waals surface area contributed by atoms with Crippen molar-refractivity contribution >= 4 is 33.2 Å². The molecule has 8 nitrogen and oxygen atoms in total. The molecule has 0 fully saturated rings. The molecule has 0 atom stereocenters. The number of hydrogen-bond donors (Lipinski definition) is 1. The van der Waals surface area contributed by atoms with Crippen LogP contribution in [0.25, 0.3) is 0 Å². The Hall–Kier alpha value is -3.11. The number of hydrogen-bond acceptors (Lipinski definition) is 8. The minimum absolute atomic E-state index is 0.0912. The molecule has 0 saturated carbocycles. The summed E-state index contributed by atoms with van der Waals surface area (Å²) in [7, 11) is -3.72. The van der Waals surface area contributed by atoms with Crippen LogP contribution in [-0.2, 0) is 14.6 Å². The van der Waals surface area contributed by atoms with Crippen LogP contribution in [0, 0.1) is 0 Å². The summed E-state index contributed by atoms with van der Waals surface area (Å²) < 4.78 is 36.0. The van der Waals surface area contributed by atoms with Gasteiger partial charge in [0.05, 0.1) is 10.6 Å². The second-order valence-electron chi connectivity index (χ2n) is 6.22. The van der Waals surface area contributed by atoms with Crippen molar-refractivity contribution in [3.8, 4) is 11.5 Å². The molecule has 0 aliphatic carbocycles. The van der Waals surface area contributed by atoms with Gasteiger partial charge in [-0.25, -0.2) is 8.42 Å². The van der Waals surface area contributed by atoms with E-state index < -0.39 is 9.84 Å². The molecule has 1 aromatic heterocycles. The highest BCUT2D eigenvalue weighted by Gasteiger charge is 2.19. The molecular formula is C20H17N3O5S2. The standard InChI is InChI=1S/C20H17N3O5S2/c24-18(21-14-6-7-16-17(12-14)28-11-10-27-16)13-29-19-8-9-20(23-22-19)30(25,26)15-4-2-1-3-5-15/h1-9,12H,10-11,13H2,(H,21,24). The number of thioether (sulfide) groups is 1. The van der Waals surface area contributed by atoms with E-state index in [9.17, 15) is 13.2 Å². The number of aromatic nitrogens is 2. The first kappa shape index (κ1) is 20.2. The van der Waals surface area contributed by atoms with Crippen LogP contribution < -0.4 is 14.8 Å². The molecule has 1 aliphatic heterocycles. The molecule has 0 radical (unpaired) electrons. The highest BCUT2D eigenvalue weighted by Crippen LogP contribution is 2.32. The lowest BCUT2D eigenvalue weighted by Gasteiger charge is -2.18. The van der Waals surface area contributed by atoms with E-state index in [1.165, 1.54) is 24.3 Å². The van der Waals surface area contributed by atoms with E-state index in [2.05, 4.69) is 15.5 Å². The zero-order valence-corrected chi connectivity index (χ0v) is 17.3. The molecule has 10 heteroatoms. The minimum atomic E-state index is -3.72. The summed E-state index contributed by atoms with van der Waals surface area (Å²) in [5, 5.41) is 10.8. The lowest BCUT2D eigenvalue weighted by Crippen LogP contribution is -2.17. The Morgan fingerprint density at radius 1 is 0.967 bits per heavy atom. The maximum absolute atomic E-state index is 12.5. The quantitative estimate of drug-likeness (QED) is 0.580. The van der Waals surface area contributed by atoms with Gasteiger partial charge in [0, 0.05) is 11.8 Å². The average molecular weight is 444 g/mol. The molecule has 0 saturated heterocycles. The van der Waals surface area contributed by atoms with E-state index >= 15 is 0 Å². The molecule has 0 bridgehead atoms. The fourth-order valence-electron chi connectivity index (χ4n) is 2.71. The van der Waals surface area contributed by atoms with Gasteiger partial charge in [0.1, 0.15) is 18.2 Å². The van der Waals surface area contributed by atoms with E-state index in [1.54, 1.807) is 36.4 Å². The molecule has 4 rings (SSSR count). The van der Waals surface area contributed by atoms with Crippen LogP contribution in [0.15, 0.2) is 75.6 Å². The van der Waals surface area contributed by atoms with Crippen LogP contribution in [0.3, 0.4) is 0 Å². The largest absolute Gasteiger partial charge is 0.486 e. The van der Waals surface area contributed by atoms with Gasteiger partial charge in [-0.1, -0.05) is 30.0 Å². The predicted molar refractivity (Wildman–Crippen MR) is 111 cm³/mol. The van der Waals surface area contributed by atoms with Crippen LogP contribution in [0.1, 0.15) is 0 Å². The molecule has 2 aromatic carbocycles. The molecule has 1 aliphatic rings. The molecule has 0 unspecified atom stereocenters. The Morgan fingerprint density at radius 2 is 1.73 bits per heavy atom. The van der Waals surface area contributed by atoms with E-state index in [0.717, 1.165) is 11.8 Å². The normalized spacial score (nSPS) is 12.9. The Kier molecular flexibility index (Phi) is 5.86. The van der Waals surface area contributed by atoms with Gasteiger partial charge in [-0.3, -0.25) is 4.79 Å².